The first-order valence-electron chi connectivity index (χ1n) is 6.68. The molecule has 0 unspecified atom stereocenters. The van der Waals surface area contributed by atoms with E-state index in [1.54, 1.807) is 0 Å². The lowest BCUT2D eigenvalue weighted by atomic mass is 10.4. The van der Waals surface area contributed by atoms with Gasteiger partial charge in [-0.25, -0.2) is 24.0 Å². The van der Waals surface area contributed by atoms with Gasteiger partial charge in [0.25, 0.3) is 0 Å². The first-order chi connectivity index (χ1) is 9.53. The third kappa shape index (κ3) is 5.04. The molecule has 0 spiro atoms. The highest BCUT2D eigenvalue weighted by Gasteiger charge is 2.14. The summed E-state index contributed by atoms with van der Waals surface area (Å²) >= 11 is 0. The van der Waals surface area contributed by atoms with Crippen molar-refractivity contribution in [1.82, 2.24) is 14.6 Å². The summed E-state index contributed by atoms with van der Waals surface area (Å²) in [7, 11) is -3.52. The summed E-state index contributed by atoms with van der Waals surface area (Å²) in [6, 6.07) is 2.83. The van der Waals surface area contributed by atoms with Crippen LogP contribution in [-0.2, 0) is 10.0 Å². The Morgan fingerprint density at radius 1 is 1.35 bits per heavy atom. The molecule has 0 bridgehead atoms. The van der Waals surface area contributed by atoms with Crippen molar-refractivity contribution in [2.75, 3.05) is 31.6 Å². The zero-order valence-electron chi connectivity index (χ0n) is 12.0. The minimum Gasteiger partial charge on any atom is -0.308 e. The number of nitrogens with one attached hydrogen (secondary N) is 2. The number of nitrogens with zero attached hydrogens (tertiary/aromatic N) is 2. The molecule has 1 rings (SSSR count). The van der Waals surface area contributed by atoms with Crippen LogP contribution in [-0.4, -0.2) is 44.5 Å². The number of nitrogens with two attached hydrogens (primary N) is 1. The molecule has 0 aliphatic rings. The third-order valence-corrected chi connectivity index (χ3v) is 4.36. The standard InChI is InChI=1S/C12H23N5O2S/c1-3-8-17(4-2)9-7-15-20(18,19)11-5-6-14-12(10-11)16-13/h5-6,10,15H,3-4,7-9,13H2,1-2H3,(H,14,16). The predicted octanol–water partition coefficient (Wildman–Crippen LogP) is 0.377. The molecule has 1 aromatic heterocycles. The first-order valence-corrected chi connectivity index (χ1v) is 8.16. The Labute approximate surface area is 120 Å². The van der Waals surface area contributed by atoms with E-state index in [1.165, 1.54) is 18.3 Å². The van der Waals surface area contributed by atoms with Gasteiger partial charge in [-0.2, -0.15) is 0 Å². The van der Waals surface area contributed by atoms with Crippen LogP contribution < -0.4 is 16.0 Å². The van der Waals surface area contributed by atoms with Gasteiger partial charge in [-0.05, 0) is 25.6 Å². The Morgan fingerprint density at radius 2 is 2.10 bits per heavy atom. The van der Waals surface area contributed by atoms with E-state index in [2.05, 4.69) is 33.9 Å². The van der Waals surface area contributed by atoms with Crippen LogP contribution in [0.1, 0.15) is 20.3 Å². The minimum absolute atomic E-state index is 0.152. The first kappa shape index (κ1) is 16.8. The second kappa shape index (κ2) is 8.15. The molecule has 8 heteroatoms. The average molecular weight is 301 g/mol. The van der Waals surface area contributed by atoms with Crippen LogP contribution in [0.5, 0.6) is 0 Å². The third-order valence-electron chi connectivity index (χ3n) is 2.90. The zero-order chi connectivity index (χ0) is 15.0. The molecule has 0 aliphatic heterocycles. The molecule has 1 aromatic rings. The second-order valence-electron chi connectivity index (χ2n) is 4.35. The number of sulfonamides is 1. The average Bonchev–Trinajstić information content (AvgIpc) is 2.46. The molecular formula is C12H23N5O2S. The fourth-order valence-corrected chi connectivity index (χ4v) is 2.86. The van der Waals surface area contributed by atoms with Gasteiger partial charge in [0.1, 0.15) is 5.82 Å². The van der Waals surface area contributed by atoms with E-state index in [0.717, 1.165) is 19.5 Å². The van der Waals surface area contributed by atoms with Crippen LogP contribution in [0.15, 0.2) is 23.2 Å². The Morgan fingerprint density at radius 3 is 2.70 bits per heavy atom. The van der Waals surface area contributed by atoms with Crippen molar-refractivity contribution in [3.8, 4) is 0 Å². The number of nitrogen functional groups attached to an aromatic ring is 1. The Balaban J connectivity index is 2.61. The van der Waals surface area contributed by atoms with E-state index in [1.807, 2.05) is 0 Å². The normalized spacial score (nSPS) is 11.8. The van der Waals surface area contributed by atoms with Gasteiger partial charge in [0.05, 0.1) is 4.90 Å². The van der Waals surface area contributed by atoms with Gasteiger partial charge >= 0.3 is 0 Å². The van der Waals surface area contributed by atoms with Gasteiger partial charge in [-0.3, -0.25) is 0 Å². The molecule has 0 radical (unpaired) electrons. The van der Waals surface area contributed by atoms with Crippen molar-refractivity contribution in [2.45, 2.75) is 25.2 Å². The van der Waals surface area contributed by atoms with Crippen molar-refractivity contribution in [1.29, 1.82) is 0 Å². The lowest BCUT2D eigenvalue weighted by Crippen LogP contribution is -2.35. The Bertz CT molecular complexity index is 506. The molecule has 0 atom stereocenters. The van der Waals surface area contributed by atoms with E-state index in [9.17, 15) is 8.42 Å². The molecule has 0 saturated carbocycles. The number of hydrogen-bond acceptors (Lipinski definition) is 6. The summed E-state index contributed by atoms with van der Waals surface area (Å²) in [6.07, 6.45) is 2.45. The van der Waals surface area contributed by atoms with Crippen LogP contribution in [0.3, 0.4) is 0 Å². The Kier molecular flexibility index (Phi) is 6.86. The Hall–Kier alpha value is -1.22. The van der Waals surface area contributed by atoms with Gasteiger partial charge in [0, 0.05) is 25.4 Å². The molecule has 0 aromatic carbocycles. The highest BCUT2D eigenvalue weighted by Crippen LogP contribution is 2.11. The summed E-state index contributed by atoms with van der Waals surface area (Å²) in [6.45, 7) is 7.11. The van der Waals surface area contributed by atoms with Crippen LogP contribution in [0.4, 0.5) is 5.82 Å². The topological polar surface area (TPSA) is 100 Å². The molecule has 0 aliphatic carbocycles. The molecule has 114 valence electrons. The monoisotopic (exact) mass is 301 g/mol. The fraction of sp³-hybridized carbons (Fsp3) is 0.583. The molecular weight excluding hydrogens is 278 g/mol. The van der Waals surface area contributed by atoms with Crippen LogP contribution in [0.25, 0.3) is 0 Å². The number of anilines is 1. The summed E-state index contributed by atoms with van der Waals surface area (Å²) in [4.78, 5) is 6.23. The van der Waals surface area contributed by atoms with Gasteiger partial charge in [-0.15, -0.1) is 0 Å². The number of hydrogen-bond donors (Lipinski definition) is 3. The molecule has 0 amide bonds. The lowest BCUT2D eigenvalue weighted by molar-refractivity contribution is 0.293. The quantitative estimate of drug-likeness (QED) is 0.450. The molecule has 1 heterocycles. The van der Waals surface area contributed by atoms with Crippen molar-refractivity contribution in [2.24, 2.45) is 5.84 Å². The molecule has 20 heavy (non-hydrogen) atoms. The smallest absolute Gasteiger partial charge is 0.240 e. The number of likely N-dealkylation sites (N-methyl/N-ethyl adjacent to an activating group) is 1. The van der Waals surface area contributed by atoms with E-state index >= 15 is 0 Å². The van der Waals surface area contributed by atoms with E-state index < -0.39 is 10.0 Å². The van der Waals surface area contributed by atoms with E-state index in [-0.39, 0.29) is 4.90 Å². The SMILES string of the molecule is CCCN(CC)CCNS(=O)(=O)c1ccnc(NN)c1. The summed E-state index contributed by atoms with van der Waals surface area (Å²) < 4.78 is 26.8. The molecule has 0 saturated heterocycles. The van der Waals surface area contributed by atoms with Gasteiger partial charge < -0.3 is 10.3 Å². The maximum atomic E-state index is 12.1. The maximum Gasteiger partial charge on any atom is 0.240 e. The van der Waals surface area contributed by atoms with Crippen molar-refractivity contribution in [3.63, 3.8) is 0 Å². The number of hydrazine groups is 1. The van der Waals surface area contributed by atoms with E-state index in [4.69, 9.17) is 5.84 Å². The lowest BCUT2D eigenvalue weighted by Gasteiger charge is -2.19. The van der Waals surface area contributed by atoms with Crippen LogP contribution in [0.2, 0.25) is 0 Å². The van der Waals surface area contributed by atoms with Crippen molar-refractivity contribution < 1.29 is 8.42 Å². The van der Waals surface area contributed by atoms with Gasteiger partial charge in [-0.1, -0.05) is 13.8 Å². The highest BCUT2D eigenvalue weighted by atomic mass is 32.2. The van der Waals surface area contributed by atoms with Crippen LogP contribution >= 0.6 is 0 Å². The molecule has 7 nitrogen and oxygen atoms in total. The van der Waals surface area contributed by atoms with Crippen molar-refractivity contribution in [3.05, 3.63) is 18.3 Å². The summed E-state index contributed by atoms with van der Waals surface area (Å²) in [5.74, 6) is 5.53. The number of pyridine rings is 1. The summed E-state index contributed by atoms with van der Waals surface area (Å²) in [5, 5.41) is 0. The van der Waals surface area contributed by atoms with Gasteiger partial charge in [0.2, 0.25) is 10.0 Å². The highest BCUT2D eigenvalue weighted by molar-refractivity contribution is 7.89. The van der Waals surface area contributed by atoms with Crippen molar-refractivity contribution >= 4 is 15.8 Å². The largest absolute Gasteiger partial charge is 0.308 e. The second-order valence-corrected chi connectivity index (χ2v) is 6.12. The minimum atomic E-state index is -3.52. The molecule has 0 fully saturated rings. The zero-order valence-corrected chi connectivity index (χ0v) is 12.8. The summed E-state index contributed by atoms with van der Waals surface area (Å²) in [5.41, 5.74) is 2.33. The van der Waals surface area contributed by atoms with Crippen LogP contribution in [0, 0.1) is 0 Å². The number of aromatic nitrogens is 1. The van der Waals surface area contributed by atoms with E-state index in [0.29, 0.717) is 18.9 Å². The molecule has 4 N–H and O–H groups in total. The predicted molar refractivity (Wildman–Crippen MR) is 79.6 cm³/mol. The van der Waals surface area contributed by atoms with Gasteiger partial charge in [0.15, 0.2) is 0 Å². The number of rotatable bonds is 9. The fourth-order valence-electron chi connectivity index (χ4n) is 1.82. The maximum absolute atomic E-state index is 12.1.